The smallest absolute Gasteiger partial charge is 0.246 e. The van der Waals surface area contributed by atoms with E-state index in [1.807, 2.05) is 0 Å². The first-order chi connectivity index (χ1) is 21.2. The van der Waals surface area contributed by atoms with Gasteiger partial charge < -0.3 is 36.0 Å². The first-order valence-corrected chi connectivity index (χ1v) is 14.2. The van der Waals surface area contributed by atoms with E-state index in [9.17, 15) is 34.8 Å². The van der Waals surface area contributed by atoms with Crippen molar-refractivity contribution in [1.29, 1.82) is 0 Å². The molecule has 0 heterocycles. The van der Waals surface area contributed by atoms with Gasteiger partial charge in [0.25, 0.3) is 0 Å². The third kappa shape index (κ3) is 12.2. The number of nitrogens with zero attached hydrogens (tertiary/aromatic N) is 1. The highest BCUT2D eigenvalue weighted by atomic mass is 16.3. The first kappa shape index (κ1) is 33.0. The lowest BCUT2D eigenvalue weighted by Crippen LogP contribution is -2.34. The molecule has 3 amide bonds. The number of phenols is 4. The van der Waals surface area contributed by atoms with Crippen LogP contribution in [0.15, 0.2) is 85.0 Å². The van der Waals surface area contributed by atoms with Crippen LogP contribution in [0.1, 0.15) is 36.0 Å². The van der Waals surface area contributed by atoms with E-state index in [4.69, 9.17) is 0 Å². The lowest BCUT2D eigenvalue weighted by Gasteiger charge is -2.21. The molecule has 0 aliphatic carbocycles. The number of unbranched alkanes of at least 4 members (excludes halogenated alkanes) is 1. The summed E-state index contributed by atoms with van der Waals surface area (Å²) in [6, 6.07) is 17.2. The number of rotatable bonds is 15. The van der Waals surface area contributed by atoms with Crippen molar-refractivity contribution in [2.24, 2.45) is 0 Å². The predicted octanol–water partition coefficient (Wildman–Crippen LogP) is 4.18. The minimum absolute atomic E-state index is 0.136. The Morgan fingerprint density at radius 1 is 0.568 bits per heavy atom. The fourth-order valence-electron chi connectivity index (χ4n) is 4.00. The molecular formula is C34H37N3O7. The summed E-state index contributed by atoms with van der Waals surface area (Å²) < 4.78 is 0. The molecule has 0 bridgehead atoms. The van der Waals surface area contributed by atoms with Crippen molar-refractivity contribution in [3.63, 3.8) is 0 Å². The van der Waals surface area contributed by atoms with Gasteiger partial charge in [-0.05, 0) is 90.6 Å². The molecule has 3 rings (SSSR count). The molecule has 0 unspecified atom stereocenters. The summed E-state index contributed by atoms with van der Waals surface area (Å²) in [5, 5.41) is 43.4. The highest BCUT2D eigenvalue weighted by Gasteiger charge is 2.11. The van der Waals surface area contributed by atoms with Gasteiger partial charge in [-0.25, -0.2) is 0 Å². The first-order valence-electron chi connectivity index (χ1n) is 14.2. The molecule has 0 saturated heterocycles. The molecule has 0 atom stereocenters. The van der Waals surface area contributed by atoms with Gasteiger partial charge in [0, 0.05) is 44.4 Å². The lowest BCUT2D eigenvalue weighted by atomic mass is 10.2. The van der Waals surface area contributed by atoms with E-state index in [0.29, 0.717) is 51.0 Å². The normalized spacial score (nSPS) is 11.3. The van der Waals surface area contributed by atoms with Gasteiger partial charge in [-0.15, -0.1) is 0 Å². The minimum Gasteiger partial charge on any atom is -0.508 e. The molecule has 0 aliphatic heterocycles. The number of carbonyl (C=O) groups is 3. The molecular weight excluding hydrogens is 562 g/mol. The Morgan fingerprint density at radius 3 is 1.61 bits per heavy atom. The number of hydrogen-bond acceptors (Lipinski definition) is 7. The Kier molecular flexibility index (Phi) is 13.1. The van der Waals surface area contributed by atoms with Crippen molar-refractivity contribution in [3.8, 4) is 23.0 Å². The van der Waals surface area contributed by atoms with E-state index in [0.717, 1.165) is 11.1 Å². The van der Waals surface area contributed by atoms with Crippen LogP contribution >= 0.6 is 0 Å². The maximum atomic E-state index is 13.0. The molecule has 6 N–H and O–H groups in total. The topological polar surface area (TPSA) is 159 Å². The number of phenolic OH excluding ortho intramolecular Hbond substituents is 4. The van der Waals surface area contributed by atoms with Gasteiger partial charge in [0.1, 0.15) is 11.5 Å². The van der Waals surface area contributed by atoms with Crippen LogP contribution < -0.4 is 10.6 Å². The summed E-state index contributed by atoms with van der Waals surface area (Å²) in [7, 11) is 0. The molecule has 44 heavy (non-hydrogen) atoms. The monoisotopic (exact) mass is 599 g/mol. The summed E-state index contributed by atoms with van der Waals surface area (Å²) in [6.45, 7) is 1.63. The molecule has 0 fully saturated rings. The molecule has 0 radical (unpaired) electrons. The lowest BCUT2D eigenvalue weighted by molar-refractivity contribution is -0.126. The highest BCUT2D eigenvalue weighted by Crippen LogP contribution is 2.25. The molecule has 0 spiro atoms. The van der Waals surface area contributed by atoms with Crippen molar-refractivity contribution in [2.75, 3.05) is 26.2 Å². The van der Waals surface area contributed by atoms with Crippen LogP contribution in [0.4, 0.5) is 0 Å². The van der Waals surface area contributed by atoms with Crippen LogP contribution in [0.3, 0.4) is 0 Å². The van der Waals surface area contributed by atoms with Crippen molar-refractivity contribution < 1.29 is 34.8 Å². The standard InChI is InChI=1S/C34H37N3O7/c38-28-12-4-25(5-13-28)9-17-32(42)36-21-3-23-37(34(44)19-11-26-6-14-29(39)15-7-26)22-2-1-20-35-33(43)18-10-27-8-16-30(40)31(41)24-27/h4-19,24,38-41H,1-3,20-23H2,(H,35,43)(H,36,42). The van der Waals surface area contributed by atoms with Crippen LogP contribution in [0.2, 0.25) is 0 Å². The van der Waals surface area contributed by atoms with Gasteiger partial charge in [-0.1, -0.05) is 30.3 Å². The average molecular weight is 600 g/mol. The average Bonchev–Trinajstić information content (AvgIpc) is 3.01. The zero-order valence-electron chi connectivity index (χ0n) is 24.2. The van der Waals surface area contributed by atoms with E-state index in [1.165, 1.54) is 48.6 Å². The fraction of sp³-hybridized carbons (Fsp3) is 0.206. The van der Waals surface area contributed by atoms with Crippen LogP contribution in [-0.2, 0) is 14.4 Å². The second kappa shape index (κ2) is 17.4. The van der Waals surface area contributed by atoms with Crippen molar-refractivity contribution in [3.05, 3.63) is 102 Å². The number of hydrogen-bond donors (Lipinski definition) is 6. The molecule has 0 aromatic heterocycles. The molecule has 230 valence electrons. The maximum absolute atomic E-state index is 13.0. The van der Waals surface area contributed by atoms with Gasteiger partial charge >= 0.3 is 0 Å². The van der Waals surface area contributed by atoms with E-state index < -0.39 is 0 Å². The van der Waals surface area contributed by atoms with Crippen molar-refractivity contribution in [1.82, 2.24) is 15.5 Å². The highest BCUT2D eigenvalue weighted by molar-refractivity contribution is 5.93. The van der Waals surface area contributed by atoms with Crippen molar-refractivity contribution in [2.45, 2.75) is 19.3 Å². The number of aromatic hydroxyl groups is 4. The summed E-state index contributed by atoms with van der Waals surface area (Å²) in [5.74, 6) is -0.992. The second-order valence-electron chi connectivity index (χ2n) is 9.90. The SMILES string of the molecule is O=C(C=Cc1ccc(O)c(O)c1)NCCCCN(CCCNC(=O)C=Cc1ccc(O)cc1)C(=O)C=Cc1ccc(O)cc1. The molecule has 0 saturated carbocycles. The summed E-state index contributed by atoms with van der Waals surface area (Å²) in [6.07, 6.45) is 10.9. The van der Waals surface area contributed by atoms with Gasteiger partial charge in [-0.2, -0.15) is 0 Å². The van der Waals surface area contributed by atoms with Gasteiger partial charge in [0.15, 0.2) is 11.5 Å². The van der Waals surface area contributed by atoms with E-state index in [-0.39, 0.29) is 40.7 Å². The third-order valence-corrected chi connectivity index (χ3v) is 6.43. The molecule has 3 aromatic rings. The number of nitrogens with one attached hydrogen (secondary N) is 2. The Hall–Kier alpha value is -5.51. The number of amides is 3. The summed E-state index contributed by atoms with van der Waals surface area (Å²) in [4.78, 5) is 39.0. The van der Waals surface area contributed by atoms with Crippen LogP contribution in [-0.4, -0.2) is 69.2 Å². The van der Waals surface area contributed by atoms with E-state index >= 15 is 0 Å². The van der Waals surface area contributed by atoms with Gasteiger partial charge in [0.05, 0.1) is 0 Å². The van der Waals surface area contributed by atoms with Crippen molar-refractivity contribution >= 4 is 35.9 Å². The van der Waals surface area contributed by atoms with Crippen LogP contribution in [0, 0.1) is 0 Å². The maximum Gasteiger partial charge on any atom is 0.246 e. The molecule has 0 aliphatic rings. The zero-order chi connectivity index (χ0) is 31.7. The Morgan fingerprint density at radius 2 is 1.05 bits per heavy atom. The number of carbonyl (C=O) groups excluding carboxylic acids is 3. The Balaban J connectivity index is 1.45. The number of benzene rings is 3. The predicted molar refractivity (Wildman–Crippen MR) is 170 cm³/mol. The Bertz CT molecular complexity index is 1480. The summed E-state index contributed by atoms with van der Waals surface area (Å²) >= 11 is 0. The largest absolute Gasteiger partial charge is 0.508 e. The van der Waals surface area contributed by atoms with Gasteiger partial charge in [-0.3, -0.25) is 14.4 Å². The minimum atomic E-state index is -0.308. The zero-order valence-corrected chi connectivity index (χ0v) is 24.2. The van der Waals surface area contributed by atoms with Crippen LogP contribution in [0.5, 0.6) is 23.0 Å². The van der Waals surface area contributed by atoms with E-state index in [1.54, 1.807) is 59.5 Å². The fourth-order valence-corrected chi connectivity index (χ4v) is 4.00. The quantitative estimate of drug-likeness (QED) is 0.0868. The van der Waals surface area contributed by atoms with Gasteiger partial charge in [0.2, 0.25) is 17.7 Å². The third-order valence-electron chi connectivity index (χ3n) is 6.43. The molecule has 10 nitrogen and oxygen atoms in total. The summed E-state index contributed by atoms with van der Waals surface area (Å²) in [5.41, 5.74) is 2.11. The second-order valence-corrected chi connectivity index (χ2v) is 9.90. The Labute approximate surface area is 256 Å². The molecule has 3 aromatic carbocycles. The molecule has 10 heteroatoms. The van der Waals surface area contributed by atoms with Crippen LogP contribution in [0.25, 0.3) is 18.2 Å². The van der Waals surface area contributed by atoms with E-state index in [2.05, 4.69) is 10.6 Å².